The lowest BCUT2D eigenvalue weighted by Gasteiger charge is -2.33. The Balaban J connectivity index is 1.61. The Labute approximate surface area is 211 Å². The van der Waals surface area contributed by atoms with Gasteiger partial charge >= 0.3 is 0 Å². The number of nitrogens with one attached hydrogen (secondary N) is 2. The predicted octanol–water partition coefficient (Wildman–Crippen LogP) is 4.18. The van der Waals surface area contributed by atoms with Crippen molar-refractivity contribution in [1.82, 2.24) is 29.6 Å². The van der Waals surface area contributed by atoms with Gasteiger partial charge in [-0.25, -0.2) is 19.3 Å². The molecule has 188 valence electrons. The number of aromatic nitrogens is 5. The van der Waals surface area contributed by atoms with Crippen molar-refractivity contribution in [2.45, 2.75) is 59.2 Å². The molecule has 0 saturated carbocycles. The number of hydrogen-bond acceptors (Lipinski definition) is 7. The van der Waals surface area contributed by atoms with Crippen LogP contribution in [0.1, 0.15) is 51.8 Å². The van der Waals surface area contributed by atoms with Crippen molar-refractivity contribution in [3.05, 3.63) is 64.2 Å². The van der Waals surface area contributed by atoms with Crippen LogP contribution in [0, 0.1) is 0 Å². The van der Waals surface area contributed by atoms with E-state index < -0.39 is 0 Å². The Bertz CT molecular complexity index is 1480. The molecule has 9 heteroatoms. The molecular formula is C27H34N8O. The zero-order chi connectivity index (χ0) is 25.6. The van der Waals surface area contributed by atoms with Crippen LogP contribution in [0.2, 0.25) is 0 Å². The highest BCUT2D eigenvalue weighted by Crippen LogP contribution is 2.26. The molecule has 0 amide bonds. The van der Waals surface area contributed by atoms with Crippen LogP contribution in [0.15, 0.2) is 47.5 Å². The van der Waals surface area contributed by atoms with Crippen molar-refractivity contribution in [3.63, 3.8) is 0 Å². The molecule has 0 saturated heterocycles. The Morgan fingerprint density at radius 2 is 1.92 bits per heavy atom. The molecule has 1 aromatic carbocycles. The van der Waals surface area contributed by atoms with E-state index in [9.17, 15) is 4.79 Å². The first kappa shape index (κ1) is 24.0. The van der Waals surface area contributed by atoms with Gasteiger partial charge in [-0.3, -0.25) is 4.79 Å². The molecule has 1 aliphatic heterocycles. The number of rotatable bonds is 5. The predicted molar refractivity (Wildman–Crippen MR) is 145 cm³/mol. The van der Waals surface area contributed by atoms with Crippen LogP contribution in [0.25, 0.3) is 16.7 Å². The summed E-state index contributed by atoms with van der Waals surface area (Å²) in [4.78, 5) is 29.4. The van der Waals surface area contributed by atoms with Gasteiger partial charge in [-0.05, 0) is 76.9 Å². The zero-order valence-corrected chi connectivity index (χ0v) is 21.8. The Kier molecular flexibility index (Phi) is 6.04. The molecule has 0 bridgehead atoms. The topological polar surface area (TPSA) is 92.9 Å². The van der Waals surface area contributed by atoms with Gasteiger partial charge in [-0.1, -0.05) is 6.07 Å². The third-order valence-electron chi connectivity index (χ3n) is 6.78. The van der Waals surface area contributed by atoms with Gasteiger partial charge in [0.25, 0.3) is 5.56 Å². The van der Waals surface area contributed by atoms with Gasteiger partial charge in [0.05, 0.1) is 5.69 Å². The lowest BCUT2D eigenvalue weighted by atomic mass is 10.0. The second kappa shape index (κ2) is 9.05. The van der Waals surface area contributed by atoms with Crippen LogP contribution in [-0.4, -0.2) is 43.4 Å². The quantitative estimate of drug-likeness (QED) is 0.437. The van der Waals surface area contributed by atoms with E-state index in [4.69, 9.17) is 4.98 Å². The molecule has 3 aromatic heterocycles. The molecular weight excluding hydrogens is 452 g/mol. The van der Waals surface area contributed by atoms with E-state index in [1.807, 2.05) is 43.8 Å². The molecule has 0 aliphatic carbocycles. The molecule has 0 unspecified atom stereocenters. The number of anilines is 3. The third kappa shape index (κ3) is 4.35. The zero-order valence-electron chi connectivity index (χ0n) is 21.8. The van der Waals surface area contributed by atoms with Crippen molar-refractivity contribution in [3.8, 4) is 5.69 Å². The number of hydrogen-bond donors (Lipinski definition) is 2. The fraction of sp³-hybridized carbons (Fsp3) is 0.407. The van der Waals surface area contributed by atoms with Crippen molar-refractivity contribution in [2.75, 3.05) is 23.8 Å². The maximum absolute atomic E-state index is 13.4. The van der Waals surface area contributed by atoms with E-state index in [0.717, 1.165) is 36.7 Å². The Morgan fingerprint density at radius 3 is 2.67 bits per heavy atom. The van der Waals surface area contributed by atoms with Gasteiger partial charge < -0.3 is 15.5 Å². The molecule has 4 heterocycles. The third-order valence-corrected chi connectivity index (χ3v) is 6.78. The van der Waals surface area contributed by atoms with Crippen molar-refractivity contribution in [2.24, 2.45) is 0 Å². The summed E-state index contributed by atoms with van der Waals surface area (Å²) in [5, 5.41) is 7.22. The molecule has 0 atom stereocenters. The van der Waals surface area contributed by atoms with E-state index in [1.54, 1.807) is 17.1 Å². The maximum atomic E-state index is 13.4. The van der Waals surface area contributed by atoms with Gasteiger partial charge in [0.2, 0.25) is 5.95 Å². The summed E-state index contributed by atoms with van der Waals surface area (Å²) in [5.41, 5.74) is 4.74. The minimum atomic E-state index is -0.115. The summed E-state index contributed by atoms with van der Waals surface area (Å²) in [5.74, 6) is 1.27. The Hall–Kier alpha value is -3.72. The van der Waals surface area contributed by atoms with Gasteiger partial charge in [0.1, 0.15) is 11.2 Å². The van der Waals surface area contributed by atoms with Gasteiger partial charge in [-0.15, -0.1) is 0 Å². The first-order chi connectivity index (χ1) is 17.1. The molecule has 9 nitrogen and oxygen atoms in total. The standard InChI is InChI=1S/C27H34N8O/c1-17(2)34-25(36)22-16-30-26(31-20-8-7-19-15-28-11-9-18(19)13-20)32-24(22)35(34)21-10-12-29-23(14-21)33(6)27(3,4)5/h7-8,10,12-14,16-17,28H,9,11,15H2,1-6H3,(H,30,31,32). The minimum Gasteiger partial charge on any atom is -0.355 e. The average Bonchev–Trinajstić information content (AvgIpc) is 3.15. The highest BCUT2D eigenvalue weighted by atomic mass is 16.1. The number of fused-ring (bicyclic) bond motifs is 2. The van der Waals surface area contributed by atoms with Crippen LogP contribution < -0.4 is 21.1 Å². The lowest BCUT2D eigenvalue weighted by Crippen LogP contribution is -2.38. The lowest BCUT2D eigenvalue weighted by molar-refractivity contribution is 0.475. The average molecular weight is 487 g/mol. The van der Waals surface area contributed by atoms with Crippen LogP contribution in [0.5, 0.6) is 0 Å². The SMILES string of the molecule is CC(C)n1c(=O)c2cnc(Nc3ccc4c(c3)CCNC4)nc2n1-c1ccnc(N(C)C(C)(C)C)c1. The number of benzene rings is 1. The van der Waals surface area contributed by atoms with Crippen molar-refractivity contribution >= 4 is 28.5 Å². The van der Waals surface area contributed by atoms with E-state index in [0.29, 0.717) is 17.0 Å². The first-order valence-corrected chi connectivity index (χ1v) is 12.4. The summed E-state index contributed by atoms with van der Waals surface area (Å²) in [7, 11) is 2.02. The van der Waals surface area contributed by atoms with E-state index >= 15 is 0 Å². The highest BCUT2D eigenvalue weighted by Gasteiger charge is 2.22. The fourth-order valence-corrected chi connectivity index (χ4v) is 4.52. The van der Waals surface area contributed by atoms with Crippen molar-refractivity contribution < 1.29 is 0 Å². The second-order valence-corrected chi connectivity index (χ2v) is 10.6. The molecule has 2 N–H and O–H groups in total. The van der Waals surface area contributed by atoms with E-state index in [1.165, 1.54) is 11.1 Å². The fourth-order valence-electron chi connectivity index (χ4n) is 4.52. The molecule has 36 heavy (non-hydrogen) atoms. The Morgan fingerprint density at radius 1 is 1.11 bits per heavy atom. The molecule has 4 aromatic rings. The van der Waals surface area contributed by atoms with Crippen LogP contribution in [0.3, 0.4) is 0 Å². The highest BCUT2D eigenvalue weighted by molar-refractivity contribution is 5.77. The normalized spacial score (nSPS) is 13.8. The van der Waals surface area contributed by atoms with Gasteiger partial charge in [-0.2, -0.15) is 4.98 Å². The van der Waals surface area contributed by atoms with Gasteiger partial charge in [0, 0.05) is 49.3 Å². The van der Waals surface area contributed by atoms with Crippen LogP contribution in [-0.2, 0) is 13.0 Å². The molecule has 5 rings (SSSR count). The maximum Gasteiger partial charge on any atom is 0.278 e. The minimum absolute atomic E-state index is 0.0747. The summed E-state index contributed by atoms with van der Waals surface area (Å²) in [6, 6.07) is 10.2. The summed E-state index contributed by atoms with van der Waals surface area (Å²) in [6.07, 6.45) is 4.39. The smallest absolute Gasteiger partial charge is 0.278 e. The molecule has 1 aliphatic rings. The summed E-state index contributed by atoms with van der Waals surface area (Å²) < 4.78 is 3.61. The van der Waals surface area contributed by atoms with Crippen LogP contribution >= 0.6 is 0 Å². The summed E-state index contributed by atoms with van der Waals surface area (Å²) in [6.45, 7) is 12.3. The summed E-state index contributed by atoms with van der Waals surface area (Å²) >= 11 is 0. The van der Waals surface area contributed by atoms with E-state index in [2.05, 4.69) is 58.4 Å². The number of nitrogens with zero attached hydrogens (tertiary/aromatic N) is 6. The number of pyridine rings is 1. The largest absolute Gasteiger partial charge is 0.355 e. The second-order valence-electron chi connectivity index (χ2n) is 10.6. The monoisotopic (exact) mass is 486 g/mol. The van der Waals surface area contributed by atoms with Crippen molar-refractivity contribution in [1.29, 1.82) is 0 Å². The van der Waals surface area contributed by atoms with Crippen LogP contribution in [0.4, 0.5) is 17.5 Å². The molecule has 0 radical (unpaired) electrons. The van der Waals surface area contributed by atoms with Gasteiger partial charge in [0.15, 0.2) is 5.65 Å². The molecule has 0 fully saturated rings. The molecule has 0 spiro atoms. The van der Waals surface area contributed by atoms with E-state index in [-0.39, 0.29) is 17.1 Å². The first-order valence-electron chi connectivity index (χ1n) is 12.4.